The summed E-state index contributed by atoms with van der Waals surface area (Å²) in [6, 6.07) is 1.87. The Balaban J connectivity index is 1.60. The first-order valence-electron chi connectivity index (χ1n) is 7.61. The molecule has 0 N–H and O–H groups in total. The fourth-order valence-corrected chi connectivity index (χ4v) is 2.58. The van der Waals surface area contributed by atoms with Gasteiger partial charge in [0.15, 0.2) is 0 Å². The van der Waals surface area contributed by atoms with Gasteiger partial charge >= 0.3 is 0 Å². The number of nitrogens with zero attached hydrogens (tertiary/aromatic N) is 4. The number of aromatic nitrogens is 3. The van der Waals surface area contributed by atoms with Crippen molar-refractivity contribution in [2.24, 2.45) is 0 Å². The molecule has 2 aromatic rings. The molecule has 0 aliphatic carbocycles. The molecule has 116 valence electrons. The molecule has 0 aromatic carbocycles. The summed E-state index contributed by atoms with van der Waals surface area (Å²) in [7, 11) is 0. The lowest BCUT2D eigenvalue weighted by molar-refractivity contribution is 0.104. The average molecular weight is 300 g/mol. The number of rotatable bonds is 5. The lowest BCUT2D eigenvalue weighted by atomic mass is 10.1. The van der Waals surface area contributed by atoms with E-state index in [0.29, 0.717) is 12.2 Å². The van der Waals surface area contributed by atoms with Gasteiger partial charge in [-0.25, -0.2) is 4.98 Å². The van der Waals surface area contributed by atoms with E-state index in [-0.39, 0.29) is 5.78 Å². The Labute approximate surface area is 129 Å². The van der Waals surface area contributed by atoms with Gasteiger partial charge in [0.25, 0.3) is 0 Å². The van der Waals surface area contributed by atoms with Gasteiger partial charge in [0, 0.05) is 37.6 Å². The van der Waals surface area contributed by atoms with Gasteiger partial charge in [-0.15, -0.1) is 0 Å². The fourth-order valence-electron chi connectivity index (χ4n) is 2.58. The molecule has 0 saturated carbocycles. The van der Waals surface area contributed by atoms with Gasteiger partial charge in [-0.05, 0) is 26.2 Å². The smallest absolute Gasteiger partial charge is 0.207 e. The van der Waals surface area contributed by atoms with E-state index in [9.17, 15) is 4.79 Å². The van der Waals surface area contributed by atoms with Gasteiger partial charge < -0.3 is 14.0 Å². The number of likely N-dealkylation sites (tertiary alicyclic amines) is 1. The third-order valence-corrected chi connectivity index (χ3v) is 3.73. The molecule has 22 heavy (non-hydrogen) atoms. The normalized spacial score (nSPS) is 15.6. The molecular formula is C16H20N4O2. The standard InChI is InChI=1S/C16H20N4O2/c1-13-9-14(18-22-13)10-20-11-15(17-12-20)16(21)5-8-19-6-3-2-4-7-19/h5,8-9,11-12H,2-4,6-7,10H2,1H3. The largest absolute Gasteiger partial charge is 0.377 e. The van der Waals surface area contributed by atoms with Crippen molar-refractivity contribution < 1.29 is 9.32 Å². The lowest BCUT2D eigenvalue weighted by Gasteiger charge is -2.24. The molecule has 3 rings (SSSR count). The maximum atomic E-state index is 12.1. The third-order valence-electron chi connectivity index (χ3n) is 3.73. The van der Waals surface area contributed by atoms with Crippen LogP contribution in [0.2, 0.25) is 0 Å². The summed E-state index contributed by atoms with van der Waals surface area (Å²) in [5, 5.41) is 3.93. The van der Waals surface area contributed by atoms with Gasteiger partial charge in [0.1, 0.15) is 17.1 Å². The monoisotopic (exact) mass is 300 g/mol. The van der Waals surface area contributed by atoms with Crippen molar-refractivity contribution >= 4 is 5.78 Å². The number of aryl methyl sites for hydroxylation is 1. The summed E-state index contributed by atoms with van der Waals surface area (Å²) in [5.74, 6) is 0.705. The molecule has 1 aliphatic heterocycles. The number of piperidine rings is 1. The van der Waals surface area contributed by atoms with Crippen LogP contribution in [-0.4, -0.2) is 38.5 Å². The van der Waals surface area contributed by atoms with Gasteiger partial charge in [0.2, 0.25) is 5.78 Å². The Hall–Kier alpha value is -2.37. The topological polar surface area (TPSA) is 64.2 Å². The molecule has 3 heterocycles. The van der Waals surface area contributed by atoms with Crippen LogP contribution in [-0.2, 0) is 6.54 Å². The molecular weight excluding hydrogens is 280 g/mol. The molecule has 1 aliphatic rings. The Morgan fingerprint density at radius 3 is 2.91 bits per heavy atom. The summed E-state index contributed by atoms with van der Waals surface area (Å²) >= 11 is 0. The predicted octanol–water partition coefficient (Wildman–Crippen LogP) is 2.41. The minimum Gasteiger partial charge on any atom is -0.377 e. The van der Waals surface area contributed by atoms with Gasteiger partial charge in [0.05, 0.1) is 12.9 Å². The van der Waals surface area contributed by atoms with Gasteiger partial charge in [-0.3, -0.25) is 4.79 Å². The van der Waals surface area contributed by atoms with Crippen LogP contribution in [0.15, 0.2) is 35.4 Å². The number of allylic oxidation sites excluding steroid dienone is 1. The number of hydrogen-bond acceptors (Lipinski definition) is 5. The zero-order valence-corrected chi connectivity index (χ0v) is 12.7. The van der Waals surface area contributed by atoms with Crippen LogP contribution in [0.4, 0.5) is 0 Å². The minimum absolute atomic E-state index is 0.0688. The maximum absolute atomic E-state index is 12.1. The Bertz CT molecular complexity index is 665. The summed E-state index contributed by atoms with van der Waals surface area (Å²) in [6.45, 7) is 4.46. The molecule has 0 radical (unpaired) electrons. The van der Waals surface area contributed by atoms with Crippen molar-refractivity contribution in [3.8, 4) is 0 Å². The quantitative estimate of drug-likeness (QED) is 0.627. The fraction of sp³-hybridized carbons (Fsp3) is 0.438. The van der Waals surface area contributed by atoms with E-state index in [1.54, 1.807) is 18.6 Å². The van der Waals surface area contributed by atoms with Crippen molar-refractivity contribution in [1.82, 2.24) is 19.6 Å². The van der Waals surface area contributed by atoms with E-state index in [1.807, 2.05) is 23.8 Å². The molecule has 0 unspecified atom stereocenters. The minimum atomic E-state index is -0.0688. The van der Waals surface area contributed by atoms with E-state index in [0.717, 1.165) is 24.5 Å². The SMILES string of the molecule is Cc1cc(Cn2cnc(C(=O)C=CN3CCCCC3)c2)no1. The number of hydrogen-bond donors (Lipinski definition) is 0. The van der Waals surface area contributed by atoms with E-state index < -0.39 is 0 Å². The molecule has 0 atom stereocenters. The van der Waals surface area contributed by atoms with Crippen molar-refractivity contribution in [3.63, 3.8) is 0 Å². The molecule has 0 amide bonds. The first kappa shape index (κ1) is 14.6. The number of imidazole rings is 1. The van der Waals surface area contributed by atoms with Crippen LogP contribution >= 0.6 is 0 Å². The Morgan fingerprint density at radius 2 is 2.18 bits per heavy atom. The zero-order chi connectivity index (χ0) is 15.4. The van der Waals surface area contributed by atoms with Crippen LogP contribution in [0.3, 0.4) is 0 Å². The number of carbonyl (C=O) groups excluding carboxylic acids is 1. The van der Waals surface area contributed by atoms with E-state index in [2.05, 4.69) is 15.0 Å². The third kappa shape index (κ3) is 3.63. The second kappa shape index (κ2) is 6.60. The molecule has 2 aromatic heterocycles. The van der Waals surface area contributed by atoms with Gasteiger partial charge in [-0.1, -0.05) is 5.16 Å². The maximum Gasteiger partial charge on any atom is 0.207 e. The average Bonchev–Trinajstić information content (AvgIpc) is 3.16. The van der Waals surface area contributed by atoms with Crippen LogP contribution < -0.4 is 0 Å². The van der Waals surface area contributed by atoms with Crippen molar-refractivity contribution in [2.75, 3.05) is 13.1 Å². The second-order valence-electron chi connectivity index (χ2n) is 5.64. The summed E-state index contributed by atoms with van der Waals surface area (Å²) in [6.07, 6.45) is 10.6. The first-order chi connectivity index (χ1) is 10.7. The van der Waals surface area contributed by atoms with Crippen molar-refractivity contribution in [3.05, 3.63) is 48.0 Å². The highest BCUT2D eigenvalue weighted by molar-refractivity contribution is 6.02. The highest BCUT2D eigenvalue weighted by atomic mass is 16.5. The summed E-state index contributed by atoms with van der Waals surface area (Å²) in [5.41, 5.74) is 1.27. The predicted molar refractivity (Wildman–Crippen MR) is 81.5 cm³/mol. The highest BCUT2D eigenvalue weighted by Gasteiger charge is 2.10. The molecule has 1 saturated heterocycles. The Kier molecular flexibility index (Phi) is 4.37. The number of carbonyl (C=O) groups is 1. The van der Waals surface area contributed by atoms with Crippen molar-refractivity contribution in [1.29, 1.82) is 0 Å². The highest BCUT2D eigenvalue weighted by Crippen LogP contribution is 2.10. The van der Waals surface area contributed by atoms with Crippen LogP contribution in [0.25, 0.3) is 0 Å². The zero-order valence-electron chi connectivity index (χ0n) is 12.7. The molecule has 6 nitrogen and oxygen atoms in total. The Morgan fingerprint density at radius 1 is 1.36 bits per heavy atom. The molecule has 0 spiro atoms. The van der Waals surface area contributed by atoms with Crippen molar-refractivity contribution in [2.45, 2.75) is 32.7 Å². The lowest BCUT2D eigenvalue weighted by Crippen LogP contribution is -2.24. The summed E-state index contributed by atoms with van der Waals surface area (Å²) in [4.78, 5) is 18.5. The van der Waals surface area contributed by atoms with Crippen LogP contribution in [0.1, 0.15) is 41.2 Å². The van der Waals surface area contributed by atoms with E-state index in [4.69, 9.17) is 4.52 Å². The van der Waals surface area contributed by atoms with Gasteiger partial charge in [-0.2, -0.15) is 0 Å². The van der Waals surface area contributed by atoms with E-state index in [1.165, 1.54) is 19.3 Å². The van der Waals surface area contributed by atoms with Crippen LogP contribution in [0, 0.1) is 6.92 Å². The number of ketones is 1. The molecule has 0 bridgehead atoms. The summed E-state index contributed by atoms with van der Waals surface area (Å²) < 4.78 is 6.86. The molecule has 6 heteroatoms. The molecule has 1 fully saturated rings. The first-order valence-corrected chi connectivity index (χ1v) is 7.61. The second-order valence-corrected chi connectivity index (χ2v) is 5.64. The van der Waals surface area contributed by atoms with E-state index >= 15 is 0 Å². The van der Waals surface area contributed by atoms with Crippen LogP contribution in [0.5, 0.6) is 0 Å².